The van der Waals surface area contributed by atoms with Crippen LogP contribution in [-0.2, 0) is 11.2 Å². The maximum Gasteiger partial charge on any atom is 0.472 e. The maximum atomic E-state index is 12.3. The standard InChI is InChI=1S/C11H8F3NO/c1-7-6-8-4-2-3-5-9(8)15(7)10(16)11(12,13)14/h2-5H,1,6H2. The lowest BCUT2D eigenvalue weighted by Gasteiger charge is -2.19. The van der Waals surface area contributed by atoms with Crippen molar-refractivity contribution in [1.82, 2.24) is 0 Å². The van der Waals surface area contributed by atoms with E-state index in [0.717, 1.165) is 0 Å². The zero-order valence-corrected chi connectivity index (χ0v) is 8.21. The molecule has 84 valence electrons. The number of anilines is 1. The van der Waals surface area contributed by atoms with Gasteiger partial charge in [0.25, 0.3) is 0 Å². The number of hydrogen-bond donors (Lipinski definition) is 0. The zero-order chi connectivity index (χ0) is 11.9. The van der Waals surface area contributed by atoms with Crippen LogP contribution in [0, 0.1) is 0 Å². The first-order chi connectivity index (χ1) is 7.41. The Hall–Kier alpha value is -1.78. The first-order valence-corrected chi connectivity index (χ1v) is 4.58. The molecule has 0 saturated carbocycles. The number of carbonyl (C=O) groups is 1. The summed E-state index contributed by atoms with van der Waals surface area (Å²) in [5, 5.41) is 0. The number of nitrogens with zero attached hydrogens (tertiary/aromatic N) is 1. The molecule has 1 aliphatic heterocycles. The molecule has 1 aromatic rings. The molecule has 0 aliphatic carbocycles. The number of carbonyl (C=O) groups excluding carboxylic acids is 1. The Labute approximate surface area is 90.0 Å². The van der Waals surface area contributed by atoms with Crippen LogP contribution in [0.15, 0.2) is 36.5 Å². The van der Waals surface area contributed by atoms with Gasteiger partial charge < -0.3 is 0 Å². The monoisotopic (exact) mass is 227 g/mol. The molecule has 0 spiro atoms. The molecular weight excluding hydrogens is 219 g/mol. The minimum Gasteiger partial charge on any atom is -0.277 e. The van der Waals surface area contributed by atoms with Gasteiger partial charge in [0.2, 0.25) is 0 Å². The third-order valence-corrected chi connectivity index (χ3v) is 2.39. The van der Waals surface area contributed by atoms with Gasteiger partial charge in [-0.3, -0.25) is 9.69 Å². The summed E-state index contributed by atoms with van der Waals surface area (Å²) in [6.45, 7) is 3.49. The van der Waals surface area contributed by atoms with Gasteiger partial charge in [-0.05, 0) is 11.6 Å². The fourth-order valence-corrected chi connectivity index (χ4v) is 1.73. The van der Waals surface area contributed by atoms with E-state index in [-0.39, 0.29) is 17.8 Å². The van der Waals surface area contributed by atoms with Crippen molar-refractivity contribution in [3.8, 4) is 0 Å². The van der Waals surface area contributed by atoms with Crippen LogP contribution in [-0.4, -0.2) is 12.1 Å². The van der Waals surface area contributed by atoms with Gasteiger partial charge in [-0.2, -0.15) is 13.2 Å². The van der Waals surface area contributed by atoms with E-state index in [0.29, 0.717) is 10.5 Å². The van der Waals surface area contributed by atoms with Crippen molar-refractivity contribution in [2.24, 2.45) is 0 Å². The molecule has 1 aromatic carbocycles. The van der Waals surface area contributed by atoms with Crippen LogP contribution in [0.2, 0.25) is 0 Å². The minimum atomic E-state index is -4.87. The second kappa shape index (κ2) is 3.37. The third-order valence-electron chi connectivity index (χ3n) is 2.39. The Bertz CT molecular complexity index is 465. The van der Waals surface area contributed by atoms with Crippen LogP contribution in [0.3, 0.4) is 0 Å². The molecule has 5 heteroatoms. The van der Waals surface area contributed by atoms with Gasteiger partial charge in [0.15, 0.2) is 0 Å². The van der Waals surface area contributed by atoms with Gasteiger partial charge in [-0.15, -0.1) is 0 Å². The quantitative estimate of drug-likeness (QED) is 0.667. The Balaban J connectivity index is 2.44. The summed E-state index contributed by atoms with van der Waals surface area (Å²) >= 11 is 0. The lowest BCUT2D eigenvalue weighted by atomic mass is 10.1. The summed E-state index contributed by atoms with van der Waals surface area (Å²) in [4.78, 5) is 11.8. The second-order valence-corrected chi connectivity index (χ2v) is 3.51. The smallest absolute Gasteiger partial charge is 0.277 e. The summed E-state index contributed by atoms with van der Waals surface area (Å²) in [5.41, 5.74) is 1.11. The SMILES string of the molecule is C=C1Cc2ccccc2N1C(=O)C(F)(F)F. The molecule has 1 aliphatic rings. The van der Waals surface area contributed by atoms with Crippen LogP contribution < -0.4 is 4.90 Å². The molecule has 0 saturated heterocycles. The molecule has 16 heavy (non-hydrogen) atoms. The van der Waals surface area contributed by atoms with E-state index in [1.54, 1.807) is 18.2 Å². The topological polar surface area (TPSA) is 20.3 Å². The molecule has 0 N–H and O–H groups in total. The number of fused-ring (bicyclic) bond motifs is 1. The van der Waals surface area contributed by atoms with Gasteiger partial charge in [0, 0.05) is 12.1 Å². The second-order valence-electron chi connectivity index (χ2n) is 3.51. The molecule has 1 amide bonds. The molecule has 2 nitrogen and oxygen atoms in total. The van der Waals surface area contributed by atoms with Crippen LogP contribution in [0.1, 0.15) is 5.56 Å². The van der Waals surface area contributed by atoms with Gasteiger partial charge in [0.05, 0.1) is 5.69 Å². The summed E-state index contributed by atoms with van der Waals surface area (Å²) in [6.07, 6.45) is -4.60. The fourth-order valence-electron chi connectivity index (χ4n) is 1.73. The van der Waals surface area contributed by atoms with Gasteiger partial charge in [0.1, 0.15) is 0 Å². The van der Waals surface area contributed by atoms with Gasteiger partial charge in [-0.25, -0.2) is 0 Å². The Morgan fingerprint density at radius 3 is 2.56 bits per heavy atom. The van der Waals surface area contributed by atoms with Gasteiger partial charge in [-0.1, -0.05) is 24.8 Å². The first-order valence-electron chi connectivity index (χ1n) is 4.58. The molecule has 0 aromatic heterocycles. The fraction of sp³-hybridized carbons (Fsp3) is 0.182. The van der Waals surface area contributed by atoms with Crippen LogP contribution in [0.4, 0.5) is 18.9 Å². The predicted molar refractivity (Wildman–Crippen MR) is 52.8 cm³/mol. The Kier molecular flexibility index (Phi) is 2.26. The summed E-state index contributed by atoms with van der Waals surface area (Å²) in [7, 11) is 0. The van der Waals surface area contributed by atoms with Crippen molar-refractivity contribution in [2.45, 2.75) is 12.6 Å². The molecule has 0 fully saturated rings. The number of alkyl halides is 3. The van der Waals surface area contributed by atoms with Crippen molar-refractivity contribution in [2.75, 3.05) is 4.90 Å². The lowest BCUT2D eigenvalue weighted by Crippen LogP contribution is -2.38. The predicted octanol–water partition coefficient (Wildman–Crippen LogP) is 2.65. The molecule has 0 radical (unpaired) electrons. The van der Waals surface area contributed by atoms with E-state index in [1.165, 1.54) is 6.07 Å². The largest absolute Gasteiger partial charge is 0.472 e. The van der Waals surface area contributed by atoms with Crippen LogP contribution >= 0.6 is 0 Å². The number of benzene rings is 1. The van der Waals surface area contributed by atoms with E-state index in [4.69, 9.17) is 0 Å². The number of rotatable bonds is 0. The normalized spacial score (nSPS) is 15.2. The van der Waals surface area contributed by atoms with E-state index in [2.05, 4.69) is 6.58 Å². The molecule has 1 heterocycles. The molecular formula is C11H8F3NO. The lowest BCUT2D eigenvalue weighted by molar-refractivity contribution is -0.169. The number of halogens is 3. The van der Waals surface area contributed by atoms with Gasteiger partial charge >= 0.3 is 12.1 Å². The van der Waals surface area contributed by atoms with Crippen LogP contribution in [0.5, 0.6) is 0 Å². The average molecular weight is 227 g/mol. The highest BCUT2D eigenvalue weighted by Crippen LogP contribution is 2.36. The number of amides is 1. The average Bonchev–Trinajstić information content (AvgIpc) is 2.51. The van der Waals surface area contributed by atoms with Crippen molar-refractivity contribution < 1.29 is 18.0 Å². The van der Waals surface area contributed by atoms with Crippen molar-refractivity contribution in [3.63, 3.8) is 0 Å². The highest BCUT2D eigenvalue weighted by atomic mass is 19.4. The minimum absolute atomic E-state index is 0.156. The van der Waals surface area contributed by atoms with Crippen LogP contribution in [0.25, 0.3) is 0 Å². The highest BCUT2D eigenvalue weighted by molar-refractivity contribution is 6.02. The number of allylic oxidation sites excluding steroid dienone is 1. The Morgan fingerprint density at radius 2 is 1.94 bits per heavy atom. The van der Waals surface area contributed by atoms with Crippen molar-refractivity contribution in [3.05, 3.63) is 42.1 Å². The summed E-state index contributed by atoms with van der Waals surface area (Å²) < 4.78 is 37.0. The van der Waals surface area contributed by atoms with E-state index < -0.39 is 12.1 Å². The van der Waals surface area contributed by atoms with E-state index >= 15 is 0 Å². The maximum absolute atomic E-state index is 12.3. The van der Waals surface area contributed by atoms with E-state index in [9.17, 15) is 18.0 Å². The van der Waals surface area contributed by atoms with Crippen molar-refractivity contribution in [1.29, 1.82) is 0 Å². The summed E-state index contributed by atoms with van der Waals surface area (Å²) in [6, 6.07) is 6.48. The number of para-hydroxylation sites is 1. The zero-order valence-electron chi connectivity index (χ0n) is 8.21. The molecule has 2 rings (SSSR count). The van der Waals surface area contributed by atoms with E-state index in [1.807, 2.05) is 0 Å². The Morgan fingerprint density at radius 1 is 1.31 bits per heavy atom. The molecule has 0 bridgehead atoms. The highest BCUT2D eigenvalue weighted by Gasteiger charge is 2.45. The molecule has 0 atom stereocenters. The number of hydrogen-bond acceptors (Lipinski definition) is 1. The first kappa shape index (κ1) is 10.7. The third kappa shape index (κ3) is 1.58. The molecule has 0 unspecified atom stereocenters. The van der Waals surface area contributed by atoms with Crippen molar-refractivity contribution >= 4 is 11.6 Å². The summed E-state index contributed by atoms with van der Waals surface area (Å²) in [5.74, 6) is -1.89.